The van der Waals surface area contributed by atoms with Gasteiger partial charge in [-0.1, -0.05) is 74.4 Å². The van der Waals surface area contributed by atoms with Gasteiger partial charge >= 0.3 is 0 Å². The predicted molar refractivity (Wildman–Crippen MR) is 157 cm³/mol. The number of para-hydroxylation sites is 1. The lowest BCUT2D eigenvalue weighted by Gasteiger charge is -2.18. The van der Waals surface area contributed by atoms with Crippen LogP contribution in [0.4, 0.5) is 0 Å². The van der Waals surface area contributed by atoms with Gasteiger partial charge in [0.05, 0.1) is 17.9 Å². The summed E-state index contributed by atoms with van der Waals surface area (Å²) >= 11 is 0. The van der Waals surface area contributed by atoms with Crippen LogP contribution in [0.15, 0.2) is 79.0 Å². The van der Waals surface area contributed by atoms with Crippen molar-refractivity contribution in [1.82, 2.24) is 19.9 Å². The third kappa shape index (κ3) is 6.28. The molecule has 39 heavy (non-hydrogen) atoms. The lowest BCUT2D eigenvalue weighted by molar-refractivity contribution is -0.122. The van der Waals surface area contributed by atoms with E-state index in [1.807, 2.05) is 50.4 Å². The number of nitrogens with zero attached hydrogens (tertiary/aromatic N) is 2. The minimum atomic E-state index is -0.240. The molecular formula is C33H36N4O2. The number of aromatic nitrogens is 3. The van der Waals surface area contributed by atoms with Crippen LogP contribution in [0.5, 0.6) is 0 Å². The Kier molecular flexibility index (Phi) is 8.21. The van der Waals surface area contributed by atoms with Gasteiger partial charge in [0.15, 0.2) is 0 Å². The molecule has 0 saturated carbocycles. The molecule has 0 saturated heterocycles. The summed E-state index contributed by atoms with van der Waals surface area (Å²) < 4.78 is 2.06. The van der Waals surface area contributed by atoms with Gasteiger partial charge in [-0.3, -0.25) is 9.59 Å². The molecule has 0 radical (unpaired) electrons. The van der Waals surface area contributed by atoms with Crippen LogP contribution in [0.25, 0.3) is 32.9 Å². The monoisotopic (exact) mass is 520 g/mol. The molecular weight excluding hydrogens is 484 g/mol. The molecule has 2 aromatic heterocycles. The summed E-state index contributed by atoms with van der Waals surface area (Å²) in [7, 11) is 0. The summed E-state index contributed by atoms with van der Waals surface area (Å²) in [6.45, 7) is 4.19. The smallest absolute Gasteiger partial charge is 0.240 e. The van der Waals surface area contributed by atoms with Gasteiger partial charge < -0.3 is 14.9 Å². The van der Waals surface area contributed by atoms with Crippen LogP contribution in [0.3, 0.4) is 0 Å². The number of aromatic amines is 1. The Balaban J connectivity index is 1.33. The summed E-state index contributed by atoms with van der Waals surface area (Å²) in [5, 5.41) is 6.75. The lowest BCUT2D eigenvalue weighted by Crippen LogP contribution is -2.32. The minimum Gasteiger partial charge on any atom is -0.345 e. The molecule has 0 bridgehead atoms. The number of H-pyrrole nitrogens is 1. The van der Waals surface area contributed by atoms with Crippen LogP contribution in [0.2, 0.25) is 0 Å². The van der Waals surface area contributed by atoms with Crippen molar-refractivity contribution in [3.63, 3.8) is 0 Å². The highest BCUT2D eigenvalue weighted by molar-refractivity contribution is 5.87. The van der Waals surface area contributed by atoms with Gasteiger partial charge in [0, 0.05) is 29.6 Å². The number of rotatable bonds is 12. The minimum absolute atomic E-state index is 0.0470. The second-order valence-electron chi connectivity index (χ2n) is 10.3. The van der Waals surface area contributed by atoms with Gasteiger partial charge in [-0.15, -0.1) is 0 Å². The van der Waals surface area contributed by atoms with Crippen LogP contribution in [-0.2, 0) is 16.1 Å². The number of carbonyl (C=O) groups is 2. The van der Waals surface area contributed by atoms with Gasteiger partial charge in [0.25, 0.3) is 0 Å². The first kappa shape index (κ1) is 26.4. The first-order chi connectivity index (χ1) is 19.0. The van der Waals surface area contributed by atoms with E-state index in [4.69, 9.17) is 4.98 Å². The molecule has 1 atom stereocenters. The molecule has 3 aromatic carbocycles. The van der Waals surface area contributed by atoms with E-state index in [2.05, 4.69) is 57.3 Å². The number of benzene rings is 3. The molecule has 0 spiro atoms. The van der Waals surface area contributed by atoms with Crippen molar-refractivity contribution in [3.8, 4) is 11.3 Å². The van der Waals surface area contributed by atoms with E-state index in [-0.39, 0.29) is 18.5 Å². The second-order valence-corrected chi connectivity index (χ2v) is 10.3. The van der Waals surface area contributed by atoms with Crippen molar-refractivity contribution in [1.29, 1.82) is 0 Å². The van der Waals surface area contributed by atoms with Gasteiger partial charge in [-0.2, -0.15) is 0 Å². The van der Waals surface area contributed by atoms with Gasteiger partial charge in [0.1, 0.15) is 18.2 Å². The SMILES string of the molecule is CCC(=O)CCCCC[C@H](NC(=O)Cn1c(C)cc2ccccc21)c1ncc(-c2ccc3ccccc3c2)[nH]1. The van der Waals surface area contributed by atoms with Gasteiger partial charge in [0.2, 0.25) is 5.91 Å². The molecule has 5 rings (SSSR count). The Hall–Kier alpha value is -4.19. The Labute approximate surface area is 229 Å². The Morgan fingerprint density at radius 3 is 2.51 bits per heavy atom. The average molecular weight is 521 g/mol. The molecule has 200 valence electrons. The van der Waals surface area contributed by atoms with E-state index >= 15 is 0 Å². The maximum Gasteiger partial charge on any atom is 0.240 e. The zero-order valence-corrected chi connectivity index (χ0v) is 22.7. The van der Waals surface area contributed by atoms with E-state index in [1.165, 1.54) is 10.8 Å². The third-order valence-electron chi connectivity index (χ3n) is 7.48. The number of hydrogen-bond acceptors (Lipinski definition) is 3. The number of fused-ring (bicyclic) bond motifs is 2. The molecule has 1 amide bonds. The van der Waals surface area contributed by atoms with Crippen molar-refractivity contribution < 1.29 is 9.59 Å². The van der Waals surface area contributed by atoms with Crippen LogP contribution in [0, 0.1) is 6.92 Å². The van der Waals surface area contributed by atoms with E-state index < -0.39 is 0 Å². The molecule has 6 nitrogen and oxygen atoms in total. The Bertz CT molecular complexity index is 1600. The number of nitrogens with one attached hydrogen (secondary N) is 2. The van der Waals surface area contributed by atoms with E-state index in [1.54, 1.807) is 0 Å². The summed E-state index contributed by atoms with van der Waals surface area (Å²) in [6, 6.07) is 24.7. The number of aryl methyl sites for hydroxylation is 1. The van der Waals surface area contributed by atoms with E-state index in [9.17, 15) is 9.59 Å². The molecule has 2 heterocycles. The summed E-state index contributed by atoms with van der Waals surface area (Å²) in [5.41, 5.74) is 4.10. The maximum absolute atomic E-state index is 13.3. The fourth-order valence-electron chi connectivity index (χ4n) is 5.26. The van der Waals surface area contributed by atoms with Crippen molar-refractivity contribution >= 4 is 33.4 Å². The molecule has 5 aromatic rings. The van der Waals surface area contributed by atoms with Crippen molar-refractivity contribution in [2.45, 2.75) is 65.0 Å². The Morgan fingerprint density at radius 1 is 0.923 bits per heavy atom. The summed E-state index contributed by atoms with van der Waals surface area (Å²) in [5.74, 6) is 1.01. The first-order valence-electron chi connectivity index (χ1n) is 13.9. The molecule has 0 fully saturated rings. The van der Waals surface area contributed by atoms with Crippen LogP contribution >= 0.6 is 0 Å². The number of hydrogen-bond donors (Lipinski definition) is 2. The number of ketones is 1. The van der Waals surface area contributed by atoms with E-state index in [0.29, 0.717) is 18.6 Å². The van der Waals surface area contributed by atoms with Crippen LogP contribution < -0.4 is 5.32 Å². The van der Waals surface area contributed by atoms with Crippen molar-refractivity contribution in [2.75, 3.05) is 0 Å². The van der Waals surface area contributed by atoms with Crippen LogP contribution in [-0.4, -0.2) is 26.2 Å². The number of imidazole rings is 1. The topological polar surface area (TPSA) is 79.8 Å². The highest BCUT2D eigenvalue weighted by Gasteiger charge is 2.19. The van der Waals surface area contributed by atoms with Crippen LogP contribution in [0.1, 0.15) is 63.0 Å². The molecule has 2 N–H and O–H groups in total. The third-order valence-corrected chi connectivity index (χ3v) is 7.48. The second kappa shape index (κ2) is 12.1. The lowest BCUT2D eigenvalue weighted by atomic mass is 10.0. The highest BCUT2D eigenvalue weighted by Crippen LogP contribution is 2.26. The molecule has 0 aliphatic carbocycles. The average Bonchev–Trinajstić information content (AvgIpc) is 3.57. The standard InChI is InChI=1S/C33H36N4O2/c1-3-28(38)14-5-4-6-15-29(35-32(39)22-37-23(2)19-27-13-9-10-16-31(27)37)33-34-21-30(36-33)26-18-17-24-11-7-8-12-25(24)20-26/h7-13,16-21,29H,3-6,14-15,22H2,1-2H3,(H,34,36)(H,35,39)/t29-/m0/s1. The molecule has 0 aliphatic heterocycles. The first-order valence-corrected chi connectivity index (χ1v) is 13.9. The molecule has 6 heteroatoms. The fourth-order valence-corrected chi connectivity index (χ4v) is 5.26. The number of amides is 1. The summed E-state index contributed by atoms with van der Waals surface area (Å²) in [6.07, 6.45) is 6.54. The number of Topliss-reactive ketones (excluding diaryl/α,β-unsaturated/α-hetero) is 1. The Morgan fingerprint density at radius 2 is 1.69 bits per heavy atom. The van der Waals surface area contributed by atoms with Crippen molar-refractivity contribution in [2.24, 2.45) is 0 Å². The quantitative estimate of drug-likeness (QED) is 0.170. The molecule has 0 aliphatic rings. The number of unbranched alkanes of at least 4 members (excludes halogenated alkanes) is 2. The van der Waals surface area contributed by atoms with Gasteiger partial charge in [-0.25, -0.2) is 4.98 Å². The number of carbonyl (C=O) groups excluding carboxylic acids is 2. The fraction of sp³-hybridized carbons (Fsp3) is 0.303. The van der Waals surface area contributed by atoms with Gasteiger partial charge in [-0.05, 0) is 54.1 Å². The van der Waals surface area contributed by atoms with E-state index in [0.717, 1.165) is 59.4 Å². The summed E-state index contributed by atoms with van der Waals surface area (Å²) in [4.78, 5) is 33.2. The highest BCUT2D eigenvalue weighted by atomic mass is 16.2. The predicted octanol–water partition coefficient (Wildman–Crippen LogP) is 7.28. The normalized spacial score (nSPS) is 12.2. The zero-order chi connectivity index (χ0) is 27.2. The van der Waals surface area contributed by atoms with Crippen molar-refractivity contribution in [3.05, 3.63) is 90.5 Å². The zero-order valence-electron chi connectivity index (χ0n) is 22.7. The maximum atomic E-state index is 13.3. The largest absolute Gasteiger partial charge is 0.345 e. The molecule has 0 unspecified atom stereocenters.